The Morgan fingerprint density at radius 2 is 1.72 bits per heavy atom. The number of allylic oxidation sites excluding steroid dienone is 6. The van der Waals surface area contributed by atoms with E-state index in [1.165, 1.54) is 28.2 Å². The summed E-state index contributed by atoms with van der Waals surface area (Å²) >= 11 is 1.24. The van der Waals surface area contributed by atoms with Crippen molar-refractivity contribution in [2.45, 2.75) is 87.1 Å². The van der Waals surface area contributed by atoms with Gasteiger partial charge < -0.3 is 4.90 Å². The monoisotopic (exact) mass is 603 g/mol. The lowest BCUT2D eigenvalue weighted by Crippen LogP contribution is -2.46. The number of benzene rings is 1. The minimum atomic E-state index is -2.91. The van der Waals surface area contributed by atoms with E-state index in [2.05, 4.69) is 41.2 Å². The van der Waals surface area contributed by atoms with Crippen molar-refractivity contribution in [3.05, 3.63) is 71.3 Å². The fourth-order valence-corrected chi connectivity index (χ4v) is 6.64. The van der Waals surface area contributed by atoms with E-state index in [0.29, 0.717) is 11.1 Å². The Balaban J connectivity index is 1.53. The van der Waals surface area contributed by atoms with Gasteiger partial charge in [-0.15, -0.1) is 6.42 Å². The number of carbonyl (C=O) groups excluding carboxylic acids is 1. The lowest BCUT2D eigenvalue weighted by Gasteiger charge is -2.42. The number of terminal acetylenes is 1. The van der Waals surface area contributed by atoms with E-state index in [1.807, 2.05) is 13.8 Å². The molecule has 0 aromatic heterocycles. The number of alkyl halides is 3. The van der Waals surface area contributed by atoms with E-state index in [-0.39, 0.29) is 29.3 Å². The molecule has 0 radical (unpaired) electrons. The normalized spacial score (nSPS) is 26.1. The number of nitrogens with zero attached hydrogens (tertiary/aromatic N) is 1. The molecule has 0 bridgehead atoms. The second kappa shape index (κ2) is 10.4. The van der Waals surface area contributed by atoms with E-state index in [9.17, 15) is 13.6 Å². The molecular weight excluding hydrogens is 567 g/mol. The first kappa shape index (κ1) is 27.1. The van der Waals surface area contributed by atoms with Gasteiger partial charge in [-0.3, -0.25) is 4.79 Å². The number of carbonyl (C=O) groups is 1. The summed E-state index contributed by atoms with van der Waals surface area (Å²) in [6.45, 7) is 5.24. The van der Waals surface area contributed by atoms with Crippen LogP contribution < -0.4 is 0 Å². The Morgan fingerprint density at radius 3 is 2.25 bits per heavy atom. The van der Waals surface area contributed by atoms with Gasteiger partial charge in [0.05, 0.1) is 10.8 Å². The molecule has 1 amide bonds. The maximum Gasteiger partial charge on any atom is 0.305 e. The molecule has 192 valence electrons. The quantitative estimate of drug-likeness (QED) is 0.175. The molecule has 3 aliphatic carbocycles. The second-order valence-electron chi connectivity index (χ2n) is 11.0. The highest BCUT2D eigenvalue weighted by Gasteiger charge is 2.51. The molecule has 4 rings (SSSR count). The predicted molar refractivity (Wildman–Crippen MR) is 151 cm³/mol. The van der Waals surface area contributed by atoms with Gasteiger partial charge in [-0.05, 0) is 104 Å². The number of rotatable bonds is 7. The van der Waals surface area contributed by atoms with Gasteiger partial charge in [0.1, 0.15) is 0 Å². The number of hydrogen-bond acceptors (Lipinski definition) is 1. The van der Waals surface area contributed by atoms with Crippen molar-refractivity contribution < 1.29 is 13.6 Å². The molecule has 0 heterocycles. The number of hydrogen-bond donors (Lipinski definition) is 0. The molecule has 1 atom stereocenters. The van der Waals surface area contributed by atoms with Crippen LogP contribution in [-0.4, -0.2) is 26.8 Å². The van der Waals surface area contributed by atoms with Crippen LogP contribution in [0.3, 0.4) is 0 Å². The standard InChI is InChI=1S/C31H36F2INO/c1-5-30(25-10-8-6-7-9-11-25)20-18-27(19-21-30)35(26-16-17-26)28(36)23-12-14-24(15-13-23)29(4,22(2)3)31(32,33)34/h1,6,8-15,22,26-27H,7,16-21H2,2-4H3/t27?,29-,30?/m0/s1. The first-order chi connectivity index (χ1) is 17.0. The highest BCUT2D eigenvalue weighted by atomic mass is 127. The summed E-state index contributed by atoms with van der Waals surface area (Å²) in [5.74, 6) is 2.85. The molecule has 0 spiro atoms. The molecule has 3 aliphatic rings. The third-order valence-corrected chi connectivity index (χ3v) is 9.78. The van der Waals surface area contributed by atoms with Crippen molar-refractivity contribution in [3.63, 3.8) is 0 Å². The van der Waals surface area contributed by atoms with Crippen molar-refractivity contribution in [1.82, 2.24) is 4.90 Å². The summed E-state index contributed by atoms with van der Waals surface area (Å²) in [5, 5.41) is 0. The minimum Gasteiger partial charge on any atom is -0.333 e. The summed E-state index contributed by atoms with van der Waals surface area (Å²) in [6.07, 6.45) is 23.1. The molecule has 2 saturated carbocycles. The number of halogens is 3. The SMILES string of the molecule is C#CC1(C2=CC=CCC=C2)CCC(N(C(=O)c2ccc([C@](C)(C(C)C)C(F)(F)I)cc2)C2CC2)CC1. The molecule has 5 heteroatoms. The van der Waals surface area contributed by atoms with E-state index >= 15 is 0 Å². The van der Waals surface area contributed by atoms with Crippen molar-refractivity contribution in [2.24, 2.45) is 11.3 Å². The molecule has 2 nitrogen and oxygen atoms in total. The van der Waals surface area contributed by atoms with Crippen LogP contribution in [0.1, 0.15) is 81.6 Å². The van der Waals surface area contributed by atoms with E-state index < -0.39 is 9.34 Å². The maximum absolute atomic E-state index is 14.6. The van der Waals surface area contributed by atoms with Gasteiger partial charge in [-0.1, -0.05) is 62.3 Å². The Bertz CT molecular complexity index is 1090. The van der Waals surface area contributed by atoms with Crippen LogP contribution in [0.15, 0.2) is 60.2 Å². The second-order valence-corrected chi connectivity index (χ2v) is 12.4. The average molecular weight is 604 g/mol. The van der Waals surface area contributed by atoms with Crippen molar-refractivity contribution in [3.8, 4) is 12.3 Å². The number of amides is 1. The largest absolute Gasteiger partial charge is 0.333 e. The third kappa shape index (κ3) is 5.08. The van der Waals surface area contributed by atoms with Crippen LogP contribution in [0, 0.1) is 23.7 Å². The molecule has 0 aliphatic heterocycles. The summed E-state index contributed by atoms with van der Waals surface area (Å²) in [5.41, 5.74) is 0.720. The fraction of sp³-hybridized carbons (Fsp3) is 0.516. The van der Waals surface area contributed by atoms with E-state index in [0.717, 1.165) is 44.9 Å². The zero-order chi connectivity index (χ0) is 26.1. The zero-order valence-corrected chi connectivity index (χ0v) is 23.6. The predicted octanol–water partition coefficient (Wildman–Crippen LogP) is 8.24. The van der Waals surface area contributed by atoms with E-state index in [4.69, 9.17) is 6.42 Å². The average Bonchev–Trinajstić information content (AvgIpc) is 3.71. The first-order valence-electron chi connectivity index (χ1n) is 13.0. The summed E-state index contributed by atoms with van der Waals surface area (Å²) in [4.78, 5) is 15.8. The summed E-state index contributed by atoms with van der Waals surface area (Å²) in [6, 6.07) is 7.31. The van der Waals surface area contributed by atoms with Crippen molar-refractivity contribution in [2.75, 3.05) is 0 Å². The smallest absolute Gasteiger partial charge is 0.305 e. The highest BCUT2D eigenvalue weighted by Crippen LogP contribution is 2.49. The summed E-state index contributed by atoms with van der Waals surface area (Å²) in [7, 11) is 0. The van der Waals surface area contributed by atoms with Gasteiger partial charge >= 0.3 is 3.93 Å². The fourth-order valence-electron chi connectivity index (χ4n) is 5.70. The Kier molecular flexibility index (Phi) is 7.86. The molecule has 0 saturated heterocycles. The summed E-state index contributed by atoms with van der Waals surface area (Å²) < 4.78 is 26.3. The Morgan fingerprint density at radius 1 is 1.11 bits per heavy atom. The van der Waals surface area contributed by atoms with Crippen LogP contribution in [0.4, 0.5) is 8.78 Å². The third-order valence-electron chi connectivity index (χ3n) is 8.66. The maximum atomic E-state index is 14.6. The highest BCUT2D eigenvalue weighted by molar-refractivity contribution is 14.1. The van der Waals surface area contributed by atoms with Gasteiger partial charge in [0.25, 0.3) is 5.91 Å². The zero-order valence-electron chi connectivity index (χ0n) is 21.4. The molecule has 2 fully saturated rings. The van der Waals surface area contributed by atoms with Crippen LogP contribution in [0.5, 0.6) is 0 Å². The topological polar surface area (TPSA) is 20.3 Å². The van der Waals surface area contributed by atoms with Gasteiger partial charge in [-0.25, -0.2) is 0 Å². The minimum absolute atomic E-state index is 0.00579. The first-order valence-corrected chi connectivity index (χ1v) is 14.1. The molecule has 0 N–H and O–H groups in total. The Hall–Kier alpha value is -1.94. The van der Waals surface area contributed by atoms with Gasteiger partial charge in [0.2, 0.25) is 0 Å². The van der Waals surface area contributed by atoms with Gasteiger partial charge in [0, 0.05) is 17.6 Å². The van der Waals surface area contributed by atoms with Crippen LogP contribution in [-0.2, 0) is 5.41 Å². The van der Waals surface area contributed by atoms with Gasteiger partial charge in [0.15, 0.2) is 0 Å². The molecular formula is C31H36F2INO. The van der Waals surface area contributed by atoms with E-state index in [1.54, 1.807) is 31.2 Å². The molecule has 1 aromatic carbocycles. The Labute approximate surface area is 228 Å². The van der Waals surface area contributed by atoms with Crippen LogP contribution >= 0.6 is 22.6 Å². The molecule has 1 aromatic rings. The lowest BCUT2D eigenvalue weighted by molar-refractivity contribution is 0.0139. The van der Waals surface area contributed by atoms with Crippen LogP contribution in [0.2, 0.25) is 0 Å². The molecule has 0 unspecified atom stereocenters. The van der Waals surface area contributed by atoms with Crippen molar-refractivity contribution in [1.29, 1.82) is 0 Å². The lowest BCUT2D eigenvalue weighted by atomic mass is 9.68. The molecule has 36 heavy (non-hydrogen) atoms. The van der Waals surface area contributed by atoms with Gasteiger partial charge in [-0.2, -0.15) is 8.78 Å². The van der Waals surface area contributed by atoms with Crippen molar-refractivity contribution >= 4 is 28.5 Å². The van der Waals surface area contributed by atoms with Crippen LogP contribution in [0.25, 0.3) is 0 Å².